The SMILES string of the molecule is ClCc1cccc(Oc2cccc(I)c2)n1. The molecule has 0 spiro atoms. The molecule has 2 rings (SSSR count). The summed E-state index contributed by atoms with van der Waals surface area (Å²) in [6, 6.07) is 13.4. The second-order valence-corrected chi connectivity index (χ2v) is 4.67. The Bertz CT molecular complexity index is 490. The lowest BCUT2D eigenvalue weighted by atomic mass is 10.3. The summed E-state index contributed by atoms with van der Waals surface area (Å²) in [6.45, 7) is 0. The van der Waals surface area contributed by atoms with Crippen LogP contribution in [0.1, 0.15) is 5.69 Å². The standard InChI is InChI=1S/C12H9ClINO/c13-8-10-4-2-6-12(15-10)16-11-5-1-3-9(14)7-11/h1-7H,8H2. The summed E-state index contributed by atoms with van der Waals surface area (Å²) in [5, 5.41) is 0. The Balaban J connectivity index is 2.20. The smallest absolute Gasteiger partial charge is 0.219 e. The Morgan fingerprint density at radius 3 is 2.75 bits per heavy atom. The lowest BCUT2D eigenvalue weighted by Gasteiger charge is -2.05. The normalized spacial score (nSPS) is 10.1. The molecular formula is C12H9ClINO. The third-order valence-electron chi connectivity index (χ3n) is 1.94. The molecule has 0 atom stereocenters. The molecule has 0 unspecified atom stereocenters. The first-order chi connectivity index (χ1) is 7.78. The average Bonchev–Trinajstić information content (AvgIpc) is 2.29. The monoisotopic (exact) mass is 345 g/mol. The van der Waals surface area contributed by atoms with Crippen molar-refractivity contribution in [2.75, 3.05) is 0 Å². The van der Waals surface area contributed by atoms with Gasteiger partial charge in [0.25, 0.3) is 0 Å². The first kappa shape index (κ1) is 11.7. The molecule has 2 nitrogen and oxygen atoms in total. The van der Waals surface area contributed by atoms with Gasteiger partial charge in [0.2, 0.25) is 5.88 Å². The quantitative estimate of drug-likeness (QED) is 0.614. The van der Waals surface area contributed by atoms with Crippen LogP contribution in [0.25, 0.3) is 0 Å². The zero-order chi connectivity index (χ0) is 11.4. The zero-order valence-corrected chi connectivity index (χ0v) is 11.3. The molecule has 0 N–H and O–H groups in total. The fourth-order valence-electron chi connectivity index (χ4n) is 1.24. The van der Waals surface area contributed by atoms with E-state index in [1.807, 2.05) is 42.5 Å². The number of hydrogen-bond donors (Lipinski definition) is 0. The summed E-state index contributed by atoms with van der Waals surface area (Å²) in [5.41, 5.74) is 0.810. The number of halogens is 2. The summed E-state index contributed by atoms with van der Waals surface area (Å²) < 4.78 is 6.76. The first-order valence-corrected chi connectivity index (χ1v) is 6.34. The van der Waals surface area contributed by atoms with Crippen LogP contribution in [-0.4, -0.2) is 4.98 Å². The predicted molar refractivity (Wildman–Crippen MR) is 73.0 cm³/mol. The molecule has 0 aliphatic rings. The molecule has 16 heavy (non-hydrogen) atoms. The maximum Gasteiger partial charge on any atom is 0.219 e. The van der Waals surface area contributed by atoms with Crippen molar-refractivity contribution in [3.63, 3.8) is 0 Å². The van der Waals surface area contributed by atoms with Gasteiger partial charge in [0.15, 0.2) is 0 Å². The van der Waals surface area contributed by atoms with Crippen molar-refractivity contribution in [3.8, 4) is 11.6 Å². The predicted octanol–water partition coefficient (Wildman–Crippen LogP) is 4.22. The van der Waals surface area contributed by atoms with Gasteiger partial charge >= 0.3 is 0 Å². The van der Waals surface area contributed by atoms with E-state index >= 15 is 0 Å². The fraction of sp³-hybridized carbons (Fsp3) is 0.0833. The minimum atomic E-state index is 0.392. The molecule has 0 saturated heterocycles. The molecule has 4 heteroatoms. The van der Waals surface area contributed by atoms with Crippen LogP contribution < -0.4 is 4.74 Å². The van der Waals surface area contributed by atoms with Crippen LogP contribution in [0.15, 0.2) is 42.5 Å². The Morgan fingerprint density at radius 1 is 1.19 bits per heavy atom. The third-order valence-corrected chi connectivity index (χ3v) is 2.88. The molecule has 0 aliphatic carbocycles. The summed E-state index contributed by atoms with van der Waals surface area (Å²) in [6.07, 6.45) is 0. The van der Waals surface area contributed by atoms with E-state index < -0.39 is 0 Å². The van der Waals surface area contributed by atoms with Crippen LogP contribution in [0.4, 0.5) is 0 Å². The van der Waals surface area contributed by atoms with Crippen LogP contribution in [0.2, 0.25) is 0 Å². The molecular weight excluding hydrogens is 336 g/mol. The van der Waals surface area contributed by atoms with E-state index in [2.05, 4.69) is 27.6 Å². The number of alkyl halides is 1. The van der Waals surface area contributed by atoms with Crippen molar-refractivity contribution in [2.45, 2.75) is 5.88 Å². The number of nitrogens with zero attached hydrogens (tertiary/aromatic N) is 1. The van der Waals surface area contributed by atoms with Crippen LogP contribution in [0, 0.1) is 3.57 Å². The molecule has 0 radical (unpaired) electrons. The van der Waals surface area contributed by atoms with E-state index in [0.717, 1.165) is 15.0 Å². The van der Waals surface area contributed by atoms with Gasteiger partial charge in [0, 0.05) is 9.64 Å². The number of rotatable bonds is 3. The zero-order valence-electron chi connectivity index (χ0n) is 8.36. The molecule has 1 aromatic heterocycles. The summed E-state index contributed by atoms with van der Waals surface area (Å²) >= 11 is 7.95. The number of hydrogen-bond acceptors (Lipinski definition) is 2. The molecule has 1 heterocycles. The van der Waals surface area contributed by atoms with Gasteiger partial charge in [-0.25, -0.2) is 4.98 Å². The Morgan fingerprint density at radius 2 is 2.00 bits per heavy atom. The molecule has 82 valence electrons. The molecule has 0 aliphatic heterocycles. The highest BCUT2D eigenvalue weighted by Crippen LogP contribution is 2.21. The lowest BCUT2D eigenvalue weighted by Crippen LogP contribution is -1.91. The molecule has 0 fully saturated rings. The maximum atomic E-state index is 5.71. The van der Waals surface area contributed by atoms with Crippen molar-refractivity contribution in [1.29, 1.82) is 0 Å². The Labute approximate surface area is 113 Å². The number of aromatic nitrogens is 1. The second-order valence-electron chi connectivity index (χ2n) is 3.16. The molecule has 0 bridgehead atoms. The summed E-state index contributed by atoms with van der Waals surface area (Å²) in [5.74, 6) is 1.75. The summed E-state index contributed by atoms with van der Waals surface area (Å²) in [4.78, 5) is 4.26. The number of pyridine rings is 1. The number of benzene rings is 1. The van der Waals surface area contributed by atoms with Gasteiger partial charge in [-0.05, 0) is 46.9 Å². The van der Waals surface area contributed by atoms with E-state index in [1.165, 1.54) is 0 Å². The second kappa shape index (κ2) is 5.50. The van der Waals surface area contributed by atoms with E-state index in [-0.39, 0.29) is 0 Å². The molecule has 2 aromatic rings. The first-order valence-electron chi connectivity index (χ1n) is 4.73. The summed E-state index contributed by atoms with van der Waals surface area (Å²) in [7, 11) is 0. The van der Waals surface area contributed by atoms with Crippen molar-refractivity contribution in [1.82, 2.24) is 4.98 Å². The van der Waals surface area contributed by atoms with E-state index in [1.54, 1.807) is 0 Å². The van der Waals surface area contributed by atoms with Crippen LogP contribution >= 0.6 is 34.2 Å². The average molecular weight is 346 g/mol. The van der Waals surface area contributed by atoms with Crippen LogP contribution in [0.3, 0.4) is 0 Å². The van der Waals surface area contributed by atoms with Crippen molar-refractivity contribution >= 4 is 34.2 Å². The number of ether oxygens (including phenoxy) is 1. The lowest BCUT2D eigenvalue weighted by molar-refractivity contribution is 0.461. The van der Waals surface area contributed by atoms with E-state index in [9.17, 15) is 0 Å². The highest BCUT2D eigenvalue weighted by Gasteiger charge is 2.00. The van der Waals surface area contributed by atoms with Gasteiger partial charge in [-0.3, -0.25) is 0 Å². The van der Waals surface area contributed by atoms with Gasteiger partial charge in [-0.15, -0.1) is 11.6 Å². The Hall–Kier alpha value is -0.810. The molecule has 1 aromatic carbocycles. The van der Waals surface area contributed by atoms with Gasteiger partial charge in [0.05, 0.1) is 11.6 Å². The highest BCUT2D eigenvalue weighted by molar-refractivity contribution is 14.1. The maximum absolute atomic E-state index is 5.71. The van der Waals surface area contributed by atoms with Crippen LogP contribution in [0.5, 0.6) is 11.6 Å². The molecule has 0 saturated carbocycles. The van der Waals surface area contributed by atoms with Gasteiger partial charge in [0.1, 0.15) is 5.75 Å². The van der Waals surface area contributed by atoms with E-state index in [0.29, 0.717) is 11.8 Å². The largest absolute Gasteiger partial charge is 0.439 e. The third kappa shape index (κ3) is 3.09. The van der Waals surface area contributed by atoms with Gasteiger partial charge < -0.3 is 4.74 Å². The van der Waals surface area contributed by atoms with Crippen molar-refractivity contribution in [2.24, 2.45) is 0 Å². The fourth-order valence-corrected chi connectivity index (χ4v) is 1.90. The Kier molecular flexibility index (Phi) is 4.01. The van der Waals surface area contributed by atoms with Gasteiger partial charge in [-0.1, -0.05) is 12.1 Å². The van der Waals surface area contributed by atoms with Crippen molar-refractivity contribution in [3.05, 3.63) is 51.7 Å². The minimum absolute atomic E-state index is 0.392. The topological polar surface area (TPSA) is 22.1 Å². The van der Waals surface area contributed by atoms with Gasteiger partial charge in [-0.2, -0.15) is 0 Å². The minimum Gasteiger partial charge on any atom is -0.439 e. The molecule has 0 amide bonds. The van der Waals surface area contributed by atoms with Crippen LogP contribution in [-0.2, 0) is 5.88 Å². The van der Waals surface area contributed by atoms with Crippen molar-refractivity contribution < 1.29 is 4.74 Å². The van der Waals surface area contributed by atoms with E-state index in [4.69, 9.17) is 16.3 Å². The highest BCUT2D eigenvalue weighted by atomic mass is 127.